The van der Waals surface area contributed by atoms with Crippen LogP contribution in [0.15, 0.2) is 6.33 Å². The molecule has 5 N–H and O–H groups in total. The van der Waals surface area contributed by atoms with Crippen molar-refractivity contribution >= 4 is 17.5 Å². The van der Waals surface area contributed by atoms with Crippen LogP contribution in [0, 0.1) is 6.92 Å². The lowest BCUT2D eigenvalue weighted by Crippen LogP contribution is -2.31. The summed E-state index contributed by atoms with van der Waals surface area (Å²) in [5.41, 5.74) is 3.31. The van der Waals surface area contributed by atoms with E-state index < -0.39 is 0 Å². The van der Waals surface area contributed by atoms with E-state index in [9.17, 15) is 4.79 Å². The minimum atomic E-state index is 0.0152. The van der Waals surface area contributed by atoms with Crippen molar-refractivity contribution in [3.8, 4) is 0 Å². The highest BCUT2D eigenvalue weighted by Gasteiger charge is 2.07. The maximum Gasteiger partial charge on any atom is 0.221 e. The maximum absolute atomic E-state index is 11.4. The van der Waals surface area contributed by atoms with Gasteiger partial charge in [0.25, 0.3) is 0 Å². The van der Waals surface area contributed by atoms with Gasteiger partial charge in [0.1, 0.15) is 18.0 Å². The van der Waals surface area contributed by atoms with E-state index in [2.05, 4.69) is 26.0 Å². The molecule has 0 aliphatic rings. The summed E-state index contributed by atoms with van der Waals surface area (Å²) in [6.07, 6.45) is 1.81. The molecule has 1 aromatic heterocycles. The van der Waals surface area contributed by atoms with Gasteiger partial charge in [0.15, 0.2) is 0 Å². The molecule has 0 saturated heterocycles. The van der Waals surface area contributed by atoms with Gasteiger partial charge in [-0.2, -0.15) is 0 Å². The van der Waals surface area contributed by atoms with Crippen molar-refractivity contribution in [3.63, 3.8) is 0 Å². The molecule has 18 heavy (non-hydrogen) atoms. The van der Waals surface area contributed by atoms with Crippen LogP contribution >= 0.6 is 0 Å². The fourth-order valence-electron chi connectivity index (χ4n) is 1.46. The molecule has 1 aromatic rings. The molecule has 0 atom stereocenters. The summed E-state index contributed by atoms with van der Waals surface area (Å²) in [5, 5.41) is 5.91. The van der Waals surface area contributed by atoms with E-state index in [0.29, 0.717) is 24.6 Å². The average Bonchev–Trinajstić information content (AvgIpc) is 2.30. The molecule has 0 fully saturated rings. The molecule has 0 aromatic carbocycles. The lowest BCUT2D eigenvalue weighted by atomic mass is 10.3. The third-order valence-corrected chi connectivity index (χ3v) is 2.31. The van der Waals surface area contributed by atoms with Crippen molar-refractivity contribution in [1.82, 2.24) is 15.3 Å². The monoisotopic (exact) mass is 252 g/mol. The van der Waals surface area contributed by atoms with Gasteiger partial charge < -0.3 is 16.1 Å². The van der Waals surface area contributed by atoms with E-state index in [0.717, 1.165) is 5.56 Å². The molecule has 0 bridgehead atoms. The summed E-state index contributed by atoms with van der Waals surface area (Å²) < 4.78 is 0. The Morgan fingerprint density at radius 3 is 2.67 bits per heavy atom. The molecule has 1 heterocycles. The van der Waals surface area contributed by atoms with Gasteiger partial charge in [-0.25, -0.2) is 15.8 Å². The van der Waals surface area contributed by atoms with Crippen molar-refractivity contribution in [2.24, 2.45) is 5.84 Å². The van der Waals surface area contributed by atoms with E-state index in [1.807, 2.05) is 20.8 Å². The minimum absolute atomic E-state index is 0.0152. The average molecular weight is 252 g/mol. The molecule has 0 saturated carbocycles. The maximum atomic E-state index is 11.4. The molecule has 7 heteroatoms. The first kappa shape index (κ1) is 14.2. The van der Waals surface area contributed by atoms with Crippen LogP contribution < -0.4 is 21.9 Å². The zero-order valence-corrected chi connectivity index (χ0v) is 10.9. The zero-order chi connectivity index (χ0) is 13.5. The number of nitrogens with zero attached hydrogens (tertiary/aromatic N) is 2. The van der Waals surface area contributed by atoms with E-state index in [1.54, 1.807) is 0 Å². The Bertz CT molecular complexity index is 407. The van der Waals surface area contributed by atoms with Crippen LogP contribution in [-0.4, -0.2) is 28.5 Å². The van der Waals surface area contributed by atoms with Crippen LogP contribution in [0.5, 0.6) is 0 Å². The summed E-state index contributed by atoms with van der Waals surface area (Å²) in [6.45, 7) is 6.23. The zero-order valence-electron chi connectivity index (χ0n) is 10.9. The van der Waals surface area contributed by atoms with Crippen LogP contribution in [0.3, 0.4) is 0 Å². The SMILES string of the molecule is Cc1c(NN)ncnc1NCCC(=O)NC(C)C. The second kappa shape index (κ2) is 6.75. The quantitative estimate of drug-likeness (QED) is 0.431. The number of carbonyl (C=O) groups excluding carboxylic acids is 1. The molecule has 0 aliphatic carbocycles. The van der Waals surface area contributed by atoms with Gasteiger partial charge >= 0.3 is 0 Å². The lowest BCUT2D eigenvalue weighted by Gasteiger charge is -2.11. The fourth-order valence-corrected chi connectivity index (χ4v) is 1.46. The van der Waals surface area contributed by atoms with Gasteiger partial charge in [-0.1, -0.05) is 0 Å². The topological polar surface area (TPSA) is 105 Å². The Morgan fingerprint density at radius 1 is 1.39 bits per heavy atom. The number of hydrogen-bond donors (Lipinski definition) is 4. The highest BCUT2D eigenvalue weighted by atomic mass is 16.1. The number of anilines is 2. The largest absolute Gasteiger partial charge is 0.369 e. The van der Waals surface area contributed by atoms with Crippen LogP contribution in [0.25, 0.3) is 0 Å². The lowest BCUT2D eigenvalue weighted by molar-refractivity contribution is -0.121. The molecule has 1 amide bonds. The minimum Gasteiger partial charge on any atom is -0.369 e. The first-order chi connectivity index (χ1) is 8.54. The molecule has 0 radical (unpaired) electrons. The summed E-state index contributed by atoms with van der Waals surface area (Å²) in [5.74, 6) is 6.58. The number of nitrogens with two attached hydrogens (primary N) is 1. The molecule has 0 spiro atoms. The predicted molar refractivity (Wildman–Crippen MR) is 71.0 cm³/mol. The standard InChI is InChI=1S/C11H20N6O/c1-7(2)16-9(18)4-5-13-10-8(3)11(17-12)15-6-14-10/h6-7H,4-5,12H2,1-3H3,(H,16,18)(H2,13,14,15,17). The molecule has 100 valence electrons. The Hall–Kier alpha value is -1.89. The van der Waals surface area contributed by atoms with Gasteiger partial charge in [0.05, 0.1) is 0 Å². The summed E-state index contributed by atoms with van der Waals surface area (Å²) >= 11 is 0. The second-order valence-corrected chi connectivity index (χ2v) is 4.24. The van der Waals surface area contributed by atoms with E-state index in [4.69, 9.17) is 5.84 Å². The summed E-state index contributed by atoms with van der Waals surface area (Å²) in [4.78, 5) is 19.5. The van der Waals surface area contributed by atoms with Gasteiger partial charge in [0.2, 0.25) is 5.91 Å². The van der Waals surface area contributed by atoms with Crippen molar-refractivity contribution in [1.29, 1.82) is 0 Å². The van der Waals surface area contributed by atoms with Gasteiger partial charge in [0, 0.05) is 24.6 Å². The Morgan fingerprint density at radius 2 is 2.06 bits per heavy atom. The number of aromatic nitrogens is 2. The van der Waals surface area contributed by atoms with Crippen molar-refractivity contribution in [2.75, 3.05) is 17.3 Å². The molecule has 1 rings (SSSR count). The van der Waals surface area contributed by atoms with Crippen molar-refractivity contribution in [3.05, 3.63) is 11.9 Å². The Labute approximate surface area is 107 Å². The van der Waals surface area contributed by atoms with Gasteiger partial charge in [-0.3, -0.25) is 4.79 Å². The summed E-state index contributed by atoms with van der Waals surface area (Å²) in [6, 6.07) is 0.159. The van der Waals surface area contributed by atoms with Crippen LogP contribution in [0.1, 0.15) is 25.8 Å². The van der Waals surface area contributed by atoms with Gasteiger partial charge in [-0.15, -0.1) is 0 Å². The second-order valence-electron chi connectivity index (χ2n) is 4.24. The smallest absolute Gasteiger partial charge is 0.221 e. The highest BCUT2D eigenvalue weighted by Crippen LogP contribution is 2.16. The third kappa shape index (κ3) is 4.17. The highest BCUT2D eigenvalue weighted by molar-refractivity contribution is 5.76. The number of carbonyl (C=O) groups is 1. The number of nitrogen functional groups attached to an aromatic ring is 1. The molecule has 7 nitrogen and oxygen atoms in total. The van der Waals surface area contributed by atoms with Gasteiger partial charge in [-0.05, 0) is 20.8 Å². The van der Waals surface area contributed by atoms with E-state index >= 15 is 0 Å². The number of amides is 1. The molecule has 0 unspecified atom stereocenters. The Balaban J connectivity index is 2.47. The first-order valence-corrected chi connectivity index (χ1v) is 5.86. The van der Waals surface area contributed by atoms with Crippen LogP contribution in [-0.2, 0) is 4.79 Å². The van der Waals surface area contributed by atoms with Crippen molar-refractivity contribution in [2.45, 2.75) is 33.2 Å². The Kier molecular flexibility index (Phi) is 5.31. The molecular formula is C11H20N6O. The molecule has 0 aliphatic heterocycles. The van der Waals surface area contributed by atoms with Crippen LogP contribution in [0.4, 0.5) is 11.6 Å². The number of rotatable bonds is 6. The van der Waals surface area contributed by atoms with E-state index in [1.165, 1.54) is 6.33 Å². The predicted octanol–water partition coefficient (Wildman–Crippen LogP) is 0.397. The normalized spacial score (nSPS) is 10.3. The van der Waals surface area contributed by atoms with Crippen molar-refractivity contribution < 1.29 is 4.79 Å². The number of nitrogens with one attached hydrogen (secondary N) is 3. The van der Waals surface area contributed by atoms with E-state index in [-0.39, 0.29) is 11.9 Å². The summed E-state index contributed by atoms with van der Waals surface area (Å²) in [7, 11) is 0. The fraction of sp³-hybridized carbons (Fsp3) is 0.545. The first-order valence-electron chi connectivity index (χ1n) is 5.86. The van der Waals surface area contributed by atoms with Crippen LogP contribution in [0.2, 0.25) is 0 Å². The molecular weight excluding hydrogens is 232 g/mol. The third-order valence-electron chi connectivity index (χ3n) is 2.31. The number of hydrogen-bond acceptors (Lipinski definition) is 6. The number of hydrazine groups is 1.